The molecule has 0 unspecified atom stereocenters. The van der Waals surface area contributed by atoms with Gasteiger partial charge in [-0.1, -0.05) is 60.7 Å². The summed E-state index contributed by atoms with van der Waals surface area (Å²) in [5, 5.41) is 9.37. The fraction of sp³-hybridized carbons (Fsp3) is 0.325. The second-order valence-electron chi connectivity index (χ2n) is 13.5. The van der Waals surface area contributed by atoms with E-state index in [-0.39, 0.29) is 10.8 Å². The number of rotatable bonds is 10. The van der Waals surface area contributed by atoms with Gasteiger partial charge in [-0.3, -0.25) is 0 Å². The van der Waals surface area contributed by atoms with E-state index in [1.807, 2.05) is 87.5 Å². The summed E-state index contributed by atoms with van der Waals surface area (Å²) in [5.41, 5.74) is 5.41. The summed E-state index contributed by atoms with van der Waals surface area (Å²) in [6.45, 7) is 11.0. The highest BCUT2D eigenvalue weighted by Crippen LogP contribution is 2.51. The molecule has 0 aliphatic carbocycles. The largest absolute Gasteiger partial charge is 0.482 e. The van der Waals surface area contributed by atoms with Crippen LogP contribution >= 0.6 is 0 Å². The standard InChI is InChI=1S/C40H43NO7S/c1-27(2)36-23-40(19-8-20-41(25-40)49(44,45)34-16-12-31(13-17-34)30-9-6-5-7-10-30)26-47-39(36)35-22-33(15-18-37(35)46-24-38(42)43)48-32-14-11-28(3)29(4)21-32/h5-7,9-18,21-22,36,39H,1,8,19-20,23-26H2,2-4H3,(H,42,43)/t36-,39-,40+/m1/s1. The number of piperidine rings is 1. The predicted molar refractivity (Wildman–Crippen MR) is 189 cm³/mol. The lowest BCUT2D eigenvalue weighted by atomic mass is 9.69. The molecule has 256 valence electrons. The van der Waals surface area contributed by atoms with Gasteiger partial charge in [0.05, 0.1) is 17.6 Å². The maximum Gasteiger partial charge on any atom is 0.341 e. The van der Waals surface area contributed by atoms with E-state index in [0.29, 0.717) is 55.4 Å². The van der Waals surface area contributed by atoms with Crippen molar-refractivity contribution in [2.45, 2.75) is 51.0 Å². The number of sulfonamides is 1. The minimum atomic E-state index is -3.74. The third kappa shape index (κ3) is 7.59. The van der Waals surface area contributed by atoms with Gasteiger partial charge in [-0.25, -0.2) is 13.2 Å². The molecule has 0 bridgehead atoms. The second-order valence-corrected chi connectivity index (χ2v) is 15.4. The van der Waals surface area contributed by atoms with Crippen LogP contribution in [0.1, 0.15) is 49.0 Å². The molecule has 8 nitrogen and oxygen atoms in total. The Morgan fingerprint density at radius 3 is 2.35 bits per heavy atom. The molecule has 2 saturated heterocycles. The summed E-state index contributed by atoms with van der Waals surface area (Å²) in [5.74, 6) is 0.393. The molecule has 0 saturated carbocycles. The van der Waals surface area contributed by atoms with Gasteiger partial charge in [-0.05, 0) is 105 Å². The Morgan fingerprint density at radius 2 is 1.65 bits per heavy atom. The molecular weight excluding hydrogens is 639 g/mol. The highest BCUT2D eigenvalue weighted by atomic mass is 32.2. The number of carbonyl (C=O) groups is 1. The van der Waals surface area contributed by atoms with Gasteiger partial charge in [0.2, 0.25) is 10.0 Å². The SMILES string of the molecule is C=C(C)[C@H]1C[C@]2(CCCN(S(=O)(=O)c3ccc(-c4ccccc4)cc3)C2)CO[C@@H]1c1cc(Oc2ccc(C)c(C)c2)ccc1OCC(=O)O. The van der Waals surface area contributed by atoms with E-state index >= 15 is 0 Å². The topological polar surface area (TPSA) is 102 Å². The highest BCUT2D eigenvalue weighted by Gasteiger charge is 2.47. The normalized spacial score (nSPS) is 21.3. The number of hydrogen-bond acceptors (Lipinski definition) is 6. The Kier molecular flexibility index (Phi) is 9.97. The van der Waals surface area contributed by atoms with Crippen molar-refractivity contribution < 1.29 is 32.5 Å². The zero-order valence-electron chi connectivity index (χ0n) is 28.2. The number of hydrogen-bond donors (Lipinski definition) is 1. The monoisotopic (exact) mass is 681 g/mol. The predicted octanol–water partition coefficient (Wildman–Crippen LogP) is 8.35. The Morgan fingerprint density at radius 1 is 0.959 bits per heavy atom. The van der Waals surface area contributed by atoms with Gasteiger partial charge in [-0.2, -0.15) is 4.31 Å². The van der Waals surface area contributed by atoms with Crippen molar-refractivity contribution in [2.24, 2.45) is 11.3 Å². The fourth-order valence-corrected chi connectivity index (χ4v) is 8.59. The van der Waals surface area contributed by atoms with Crippen molar-refractivity contribution in [3.8, 4) is 28.4 Å². The first-order chi connectivity index (χ1) is 23.4. The third-order valence-electron chi connectivity index (χ3n) is 9.80. The molecule has 1 spiro atoms. The molecule has 1 N–H and O–H groups in total. The molecule has 2 aliphatic heterocycles. The van der Waals surface area contributed by atoms with Crippen LogP contribution in [0.3, 0.4) is 0 Å². The van der Waals surface area contributed by atoms with Crippen molar-refractivity contribution in [3.63, 3.8) is 0 Å². The first kappa shape index (κ1) is 34.4. The van der Waals surface area contributed by atoms with Gasteiger partial charge in [-0.15, -0.1) is 0 Å². The summed E-state index contributed by atoms with van der Waals surface area (Å²) in [7, 11) is -3.74. The van der Waals surface area contributed by atoms with Crippen LogP contribution in [0.25, 0.3) is 11.1 Å². The number of aryl methyl sites for hydroxylation is 2. The van der Waals surface area contributed by atoms with E-state index in [1.54, 1.807) is 28.6 Å². The molecule has 0 amide bonds. The number of benzene rings is 4. The third-order valence-corrected chi connectivity index (χ3v) is 11.7. The van der Waals surface area contributed by atoms with Crippen LogP contribution in [-0.2, 0) is 19.6 Å². The van der Waals surface area contributed by atoms with E-state index in [2.05, 4.69) is 6.58 Å². The Labute approximate surface area is 289 Å². The van der Waals surface area contributed by atoms with Crippen molar-refractivity contribution in [3.05, 3.63) is 120 Å². The van der Waals surface area contributed by atoms with E-state index in [9.17, 15) is 18.3 Å². The average molecular weight is 682 g/mol. The van der Waals surface area contributed by atoms with Gasteiger partial charge in [0.15, 0.2) is 6.61 Å². The molecule has 6 rings (SSSR count). The smallest absolute Gasteiger partial charge is 0.341 e. The molecular formula is C40H43NO7S. The van der Waals surface area contributed by atoms with Crippen LogP contribution in [0, 0.1) is 25.2 Å². The van der Waals surface area contributed by atoms with E-state index in [4.69, 9.17) is 14.2 Å². The van der Waals surface area contributed by atoms with Gasteiger partial charge in [0.1, 0.15) is 17.2 Å². The maximum atomic E-state index is 14.0. The maximum absolute atomic E-state index is 14.0. The summed E-state index contributed by atoms with van der Waals surface area (Å²) >= 11 is 0. The van der Waals surface area contributed by atoms with E-state index < -0.39 is 34.1 Å². The molecule has 49 heavy (non-hydrogen) atoms. The number of carboxylic acids is 1. The zero-order valence-corrected chi connectivity index (χ0v) is 29.0. The fourth-order valence-electron chi connectivity index (χ4n) is 7.00. The van der Waals surface area contributed by atoms with Crippen molar-refractivity contribution >= 4 is 16.0 Å². The first-order valence-electron chi connectivity index (χ1n) is 16.6. The molecule has 2 fully saturated rings. The summed E-state index contributed by atoms with van der Waals surface area (Å²) in [6.07, 6.45) is 1.70. The summed E-state index contributed by atoms with van der Waals surface area (Å²) in [4.78, 5) is 11.7. The van der Waals surface area contributed by atoms with Crippen LogP contribution in [0.4, 0.5) is 0 Å². The highest BCUT2D eigenvalue weighted by molar-refractivity contribution is 7.89. The number of aliphatic carboxylic acids is 1. The van der Waals surface area contributed by atoms with Crippen molar-refractivity contribution in [2.75, 3.05) is 26.3 Å². The first-order valence-corrected chi connectivity index (χ1v) is 18.0. The molecule has 0 radical (unpaired) electrons. The number of carboxylic acid groups (broad SMARTS) is 1. The Hall–Kier alpha value is -4.44. The lowest BCUT2D eigenvalue weighted by molar-refractivity contribution is -0.139. The average Bonchev–Trinajstić information content (AvgIpc) is 3.09. The minimum Gasteiger partial charge on any atom is -0.482 e. The van der Waals surface area contributed by atoms with Gasteiger partial charge < -0.3 is 19.3 Å². The van der Waals surface area contributed by atoms with Gasteiger partial charge in [0.25, 0.3) is 0 Å². The molecule has 0 aromatic heterocycles. The Balaban J connectivity index is 1.25. The van der Waals surface area contributed by atoms with E-state index in [0.717, 1.165) is 34.2 Å². The molecule has 3 atom stereocenters. The van der Waals surface area contributed by atoms with Gasteiger partial charge >= 0.3 is 5.97 Å². The second kappa shape index (κ2) is 14.2. The lowest BCUT2D eigenvalue weighted by Crippen LogP contribution is -2.51. The van der Waals surface area contributed by atoms with Crippen LogP contribution in [0.15, 0.2) is 108 Å². The molecule has 9 heteroatoms. The quantitative estimate of drug-likeness (QED) is 0.168. The van der Waals surface area contributed by atoms with Crippen molar-refractivity contribution in [1.82, 2.24) is 4.31 Å². The van der Waals surface area contributed by atoms with E-state index in [1.165, 1.54) is 0 Å². The molecule has 4 aromatic rings. The van der Waals surface area contributed by atoms with Crippen LogP contribution in [-0.4, -0.2) is 50.1 Å². The number of ether oxygens (including phenoxy) is 3. The number of nitrogens with zero attached hydrogens (tertiary/aromatic N) is 1. The molecule has 4 aromatic carbocycles. The zero-order chi connectivity index (χ0) is 34.8. The van der Waals surface area contributed by atoms with Gasteiger partial charge in [0, 0.05) is 30.0 Å². The Bertz CT molecular complexity index is 1940. The van der Waals surface area contributed by atoms with Crippen LogP contribution in [0.5, 0.6) is 17.2 Å². The lowest BCUT2D eigenvalue weighted by Gasteiger charge is -2.49. The van der Waals surface area contributed by atoms with Crippen LogP contribution in [0.2, 0.25) is 0 Å². The van der Waals surface area contributed by atoms with Crippen LogP contribution < -0.4 is 9.47 Å². The molecule has 2 heterocycles. The molecule has 2 aliphatic rings. The van der Waals surface area contributed by atoms with Crippen molar-refractivity contribution in [1.29, 1.82) is 0 Å². The minimum absolute atomic E-state index is 0.175. The summed E-state index contributed by atoms with van der Waals surface area (Å²) in [6, 6.07) is 28.2. The summed E-state index contributed by atoms with van der Waals surface area (Å²) < 4.78 is 48.2.